The van der Waals surface area contributed by atoms with Crippen molar-refractivity contribution in [3.8, 4) is 17.9 Å². The van der Waals surface area contributed by atoms with Crippen molar-refractivity contribution in [3.63, 3.8) is 0 Å². The Morgan fingerprint density at radius 2 is 1.86 bits per heavy atom. The van der Waals surface area contributed by atoms with Gasteiger partial charge in [-0.2, -0.15) is 5.26 Å². The molecule has 0 aliphatic heterocycles. The van der Waals surface area contributed by atoms with Gasteiger partial charge in [-0.3, -0.25) is 4.79 Å². The van der Waals surface area contributed by atoms with Crippen molar-refractivity contribution in [2.24, 2.45) is 0 Å². The van der Waals surface area contributed by atoms with Gasteiger partial charge in [-0.15, -0.1) is 0 Å². The van der Waals surface area contributed by atoms with Crippen LogP contribution in [-0.2, 0) is 4.79 Å². The average molecular weight is 183 g/mol. The van der Waals surface area contributed by atoms with E-state index in [0.717, 1.165) is 16.7 Å². The standard InChI is InChI=1S/C12H9NO/c1-9-6-11(8-13)7-10(2)12(9)4-3-5-14/h5-7H,1-2H3. The zero-order valence-electron chi connectivity index (χ0n) is 8.09. The molecule has 0 spiro atoms. The number of carbonyl (C=O) groups excluding carboxylic acids is 1. The van der Waals surface area contributed by atoms with Crippen molar-refractivity contribution in [2.75, 3.05) is 0 Å². The number of benzene rings is 1. The number of carbonyl (C=O) groups is 1. The van der Waals surface area contributed by atoms with Crippen LogP contribution in [-0.4, -0.2) is 6.29 Å². The van der Waals surface area contributed by atoms with Crippen molar-refractivity contribution >= 4 is 6.29 Å². The second kappa shape index (κ2) is 4.25. The summed E-state index contributed by atoms with van der Waals surface area (Å²) >= 11 is 0. The minimum atomic E-state index is 0.567. The first kappa shape index (κ1) is 10.0. The third-order valence-corrected chi connectivity index (χ3v) is 1.92. The van der Waals surface area contributed by atoms with Crippen molar-refractivity contribution < 1.29 is 4.79 Å². The molecule has 2 nitrogen and oxygen atoms in total. The van der Waals surface area contributed by atoms with Crippen LogP contribution in [0.5, 0.6) is 0 Å². The van der Waals surface area contributed by atoms with Gasteiger partial charge in [-0.25, -0.2) is 0 Å². The number of hydrogen-bond acceptors (Lipinski definition) is 2. The lowest BCUT2D eigenvalue weighted by atomic mass is 10.0. The van der Waals surface area contributed by atoms with Crippen LogP contribution in [0.25, 0.3) is 0 Å². The van der Waals surface area contributed by atoms with Crippen molar-refractivity contribution in [3.05, 3.63) is 34.4 Å². The number of aryl methyl sites for hydroxylation is 2. The molecule has 0 aliphatic carbocycles. The second-order valence-corrected chi connectivity index (χ2v) is 2.98. The van der Waals surface area contributed by atoms with Gasteiger partial charge in [-0.1, -0.05) is 5.92 Å². The van der Waals surface area contributed by atoms with E-state index in [1.807, 2.05) is 13.8 Å². The van der Waals surface area contributed by atoms with Crippen LogP contribution in [0.1, 0.15) is 22.3 Å². The van der Waals surface area contributed by atoms with Gasteiger partial charge < -0.3 is 0 Å². The normalized spacial score (nSPS) is 8.36. The average Bonchev–Trinajstić information content (AvgIpc) is 2.16. The molecule has 0 atom stereocenters. The van der Waals surface area contributed by atoms with Crippen molar-refractivity contribution in [1.29, 1.82) is 5.26 Å². The first-order chi connectivity index (χ1) is 6.69. The van der Waals surface area contributed by atoms with Gasteiger partial charge in [0.2, 0.25) is 0 Å². The molecular formula is C12H9NO. The number of hydrogen-bond donors (Lipinski definition) is 0. The van der Waals surface area contributed by atoms with Crippen molar-refractivity contribution in [1.82, 2.24) is 0 Å². The summed E-state index contributed by atoms with van der Waals surface area (Å²) in [6.45, 7) is 3.76. The van der Waals surface area contributed by atoms with Gasteiger partial charge in [0.05, 0.1) is 11.6 Å². The molecule has 14 heavy (non-hydrogen) atoms. The van der Waals surface area contributed by atoms with E-state index in [1.54, 1.807) is 12.1 Å². The van der Waals surface area contributed by atoms with E-state index < -0.39 is 0 Å². The number of rotatable bonds is 0. The molecule has 0 saturated heterocycles. The van der Waals surface area contributed by atoms with Crippen molar-refractivity contribution in [2.45, 2.75) is 13.8 Å². The Morgan fingerprint density at radius 3 is 2.29 bits per heavy atom. The highest BCUT2D eigenvalue weighted by Gasteiger charge is 2.01. The minimum absolute atomic E-state index is 0.567. The fraction of sp³-hybridized carbons (Fsp3) is 0.167. The highest BCUT2D eigenvalue weighted by Crippen LogP contribution is 2.14. The largest absolute Gasteiger partial charge is 0.289 e. The fourth-order valence-electron chi connectivity index (χ4n) is 1.33. The van der Waals surface area contributed by atoms with E-state index in [-0.39, 0.29) is 0 Å². The first-order valence-electron chi connectivity index (χ1n) is 4.15. The highest BCUT2D eigenvalue weighted by atomic mass is 16.1. The minimum Gasteiger partial charge on any atom is -0.289 e. The molecule has 0 saturated carbocycles. The summed E-state index contributed by atoms with van der Waals surface area (Å²) in [5, 5.41) is 8.71. The summed E-state index contributed by atoms with van der Waals surface area (Å²) in [7, 11) is 0. The maximum atomic E-state index is 10.1. The van der Waals surface area contributed by atoms with E-state index >= 15 is 0 Å². The molecule has 0 unspecified atom stereocenters. The van der Waals surface area contributed by atoms with Crippen LogP contribution in [0.4, 0.5) is 0 Å². The van der Waals surface area contributed by atoms with Gasteiger partial charge in [0.15, 0.2) is 6.29 Å². The maximum absolute atomic E-state index is 10.1. The molecule has 0 heterocycles. The molecule has 1 rings (SSSR count). The highest BCUT2D eigenvalue weighted by molar-refractivity contribution is 5.74. The number of nitriles is 1. The molecule has 68 valence electrons. The zero-order chi connectivity index (χ0) is 10.6. The Bertz CT molecular complexity index is 446. The topological polar surface area (TPSA) is 40.9 Å². The van der Waals surface area contributed by atoms with Gasteiger partial charge in [-0.05, 0) is 43.0 Å². The molecule has 0 aromatic heterocycles. The van der Waals surface area contributed by atoms with Crippen LogP contribution in [0, 0.1) is 37.0 Å². The summed E-state index contributed by atoms with van der Waals surface area (Å²) in [5.41, 5.74) is 3.31. The Labute approximate surface area is 83.2 Å². The Balaban J connectivity index is 3.33. The van der Waals surface area contributed by atoms with Crippen LogP contribution in [0.15, 0.2) is 12.1 Å². The smallest absolute Gasteiger partial charge is 0.193 e. The zero-order valence-corrected chi connectivity index (χ0v) is 8.09. The van der Waals surface area contributed by atoms with Gasteiger partial charge in [0, 0.05) is 5.56 Å². The van der Waals surface area contributed by atoms with E-state index in [9.17, 15) is 4.79 Å². The van der Waals surface area contributed by atoms with Gasteiger partial charge >= 0.3 is 0 Å². The van der Waals surface area contributed by atoms with Gasteiger partial charge in [0.25, 0.3) is 0 Å². The summed E-state index contributed by atoms with van der Waals surface area (Å²) in [6, 6.07) is 5.61. The maximum Gasteiger partial charge on any atom is 0.193 e. The van der Waals surface area contributed by atoms with Crippen LogP contribution < -0.4 is 0 Å². The monoisotopic (exact) mass is 183 g/mol. The summed E-state index contributed by atoms with van der Waals surface area (Å²) in [5.74, 6) is 5.12. The lowest BCUT2D eigenvalue weighted by molar-refractivity contribution is -0.103. The van der Waals surface area contributed by atoms with E-state index in [2.05, 4.69) is 17.9 Å². The lowest BCUT2D eigenvalue weighted by Crippen LogP contribution is -1.90. The summed E-state index contributed by atoms with van der Waals surface area (Å²) in [6.07, 6.45) is 0.567. The third-order valence-electron chi connectivity index (χ3n) is 1.92. The molecule has 0 N–H and O–H groups in total. The third kappa shape index (κ3) is 2.00. The van der Waals surface area contributed by atoms with Crippen LogP contribution >= 0.6 is 0 Å². The quantitative estimate of drug-likeness (QED) is 0.454. The fourth-order valence-corrected chi connectivity index (χ4v) is 1.33. The predicted octanol–water partition coefficient (Wildman–Crippen LogP) is 1.73. The summed E-state index contributed by atoms with van der Waals surface area (Å²) < 4.78 is 0. The van der Waals surface area contributed by atoms with Crippen LogP contribution in [0.2, 0.25) is 0 Å². The first-order valence-corrected chi connectivity index (χ1v) is 4.15. The number of nitrogens with zero attached hydrogens (tertiary/aromatic N) is 1. The van der Waals surface area contributed by atoms with E-state index in [0.29, 0.717) is 11.8 Å². The molecular weight excluding hydrogens is 174 g/mol. The molecule has 0 aliphatic rings. The van der Waals surface area contributed by atoms with Gasteiger partial charge in [0.1, 0.15) is 0 Å². The SMILES string of the molecule is Cc1cc(C#N)cc(C)c1C#CC=O. The molecule has 1 aromatic rings. The molecule has 2 heteroatoms. The molecule has 0 amide bonds. The Morgan fingerprint density at radius 1 is 1.29 bits per heavy atom. The van der Waals surface area contributed by atoms with Crippen LogP contribution in [0.3, 0.4) is 0 Å². The second-order valence-electron chi connectivity index (χ2n) is 2.98. The van der Waals surface area contributed by atoms with E-state index in [1.165, 1.54) is 0 Å². The van der Waals surface area contributed by atoms with E-state index in [4.69, 9.17) is 5.26 Å². The predicted molar refractivity (Wildman–Crippen MR) is 53.6 cm³/mol. The Hall–Kier alpha value is -2.06. The molecule has 0 radical (unpaired) electrons. The molecule has 0 fully saturated rings. The lowest BCUT2D eigenvalue weighted by Gasteiger charge is -2.02. The Kier molecular flexibility index (Phi) is 3.05. The summed E-state index contributed by atoms with van der Waals surface area (Å²) in [4.78, 5) is 10.1. The molecule has 0 bridgehead atoms. The molecule has 1 aromatic carbocycles. The number of aldehydes is 1.